The lowest BCUT2D eigenvalue weighted by atomic mass is 9.84. The molecule has 2 amide bonds. The normalized spacial score (nSPS) is 17.5. The number of rotatable bonds is 5. The van der Waals surface area contributed by atoms with Crippen LogP contribution in [0, 0.1) is 6.92 Å². The van der Waals surface area contributed by atoms with E-state index in [1.165, 1.54) is 16.7 Å². The van der Waals surface area contributed by atoms with Gasteiger partial charge in [0, 0.05) is 27.9 Å². The number of likely N-dealkylation sites (N-methyl/N-ethyl adjacent to an activating group) is 1. The molecule has 1 unspecified atom stereocenters. The summed E-state index contributed by atoms with van der Waals surface area (Å²) in [4.78, 5) is 45.9. The monoisotopic (exact) mass is 634 g/mol. The number of hydrogen-bond donors (Lipinski definition) is 0. The fraction of sp³-hybridized carbons (Fsp3) is 0.167. The number of benzene rings is 3. The van der Waals surface area contributed by atoms with Crippen molar-refractivity contribution in [2.24, 2.45) is 0 Å². The van der Waals surface area contributed by atoms with E-state index in [2.05, 4.69) is 10.2 Å². The summed E-state index contributed by atoms with van der Waals surface area (Å²) in [5.41, 5.74) is 0.896. The van der Waals surface area contributed by atoms with Crippen molar-refractivity contribution >= 4 is 79.9 Å². The number of amides is 2. The second kappa shape index (κ2) is 9.95. The van der Waals surface area contributed by atoms with Gasteiger partial charge in [-0.3, -0.25) is 19.3 Å². The van der Waals surface area contributed by atoms with Crippen LogP contribution in [-0.2, 0) is 16.1 Å². The van der Waals surface area contributed by atoms with Crippen molar-refractivity contribution < 1.29 is 14.0 Å². The van der Waals surface area contributed by atoms with Crippen LogP contribution in [0.4, 0.5) is 10.8 Å². The van der Waals surface area contributed by atoms with E-state index in [-0.39, 0.29) is 22.0 Å². The van der Waals surface area contributed by atoms with Crippen molar-refractivity contribution in [3.8, 4) is 0 Å². The number of aromatic nitrogens is 2. The largest absolute Gasteiger partial charge is 0.450 e. The van der Waals surface area contributed by atoms with Crippen LogP contribution in [0.15, 0.2) is 74.2 Å². The molecule has 0 saturated carbocycles. The first kappa shape index (κ1) is 27.2. The maximum atomic E-state index is 14.5. The highest BCUT2D eigenvalue weighted by Gasteiger charge is 2.66. The van der Waals surface area contributed by atoms with Gasteiger partial charge in [-0.15, -0.1) is 10.2 Å². The van der Waals surface area contributed by atoms with Crippen molar-refractivity contribution in [3.63, 3.8) is 0 Å². The Balaban J connectivity index is 1.42. The molecule has 7 rings (SSSR count). The highest BCUT2D eigenvalue weighted by Crippen LogP contribution is 2.54. The SMILES string of the molecule is CCN1C(=O)C2(c3ccccc31)c1c(oc3ccc(C)cc3c1=O)C(=O)N2c1nnc(SCc2ccc(Cl)cc2Cl)s1. The van der Waals surface area contributed by atoms with Crippen LogP contribution in [0.2, 0.25) is 10.0 Å². The Morgan fingerprint density at radius 2 is 1.83 bits per heavy atom. The highest BCUT2D eigenvalue weighted by molar-refractivity contribution is 8.00. The van der Waals surface area contributed by atoms with Gasteiger partial charge in [0.1, 0.15) is 5.58 Å². The van der Waals surface area contributed by atoms with Gasteiger partial charge < -0.3 is 9.32 Å². The number of anilines is 2. The maximum Gasteiger partial charge on any atom is 0.297 e. The number of para-hydroxylation sites is 1. The van der Waals surface area contributed by atoms with Gasteiger partial charge in [0.15, 0.2) is 15.3 Å². The van der Waals surface area contributed by atoms with E-state index >= 15 is 0 Å². The second-order valence-electron chi connectivity index (χ2n) is 9.93. The van der Waals surface area contributed by atoms with Crippen LogP contribution < -0.4 is 15.2 Å². The number of thioether (sulfide) groups is 1. The van der Waals surface area contributed by atoms with Crippen LogP contribution in [0.1, 0.15) is 39.7 Å². The number of aryl methyl sites for hydroxylation is 1. The summed E-state index contributed by atoms with van der Waals surface area (Å²) >= 11 is 14.9. The molecule has 4 heterocycles. The van der Waals surface area contributed by atoms with Crippen LogP contribution in [0.5, 0.6) is 0 Å². The van der Waals surface area contributed by atoms with Crippen molar-refractivity contribution in [3.05, 3.63) is 109 Å². The number of carbonyl (C=O) groups is 2. The third-order valence-corrected chi connectivity index (χ3v) is 10.2. The molecule has 2 aromatic heterocycles. The van der Waals surface area contributed by atoms with Crippen LogP contribution >= 0.6 is 46.3 Å². The summed E-state index contributed by atoms with van der Waals surface area (Å²) in [7, 11) is 0. The molecule has 2 aliphatic heterocycles. The molecule has 0 aliphatic carbocycles. The first-order valence-corrected chi connectivity index (χ1v) is 15.6. The van der Waals surface area contributed by atoms with E-state index in [1.54, 1.807) is 47.4 Å². The van der Waals surface area contributed by atoms with Gasteiger partial charge in [-0.05, 0) is 49.7 Å². The Hall–Kier alpha value is -3.70. The average molecular weight is 636 g/mol. The zero-order valence-corrected chi connectivity index (χ0v) is 25.3. The fourth-order valence-corrected chi connectivity index (χ4v) is 8.17. The van der Waals surface area contributed by atoms with Crippen LogP contribution in [0.3, 0.4) is 0 Å². The molecule has 0 N–H and O–H groups in total. The Morgan fingerprint density at radius 3 is 2.62 bits per heavy atom. The van der Waals surface area contributed by atoms with Crippen molar-refractivity contribution in [1.29, 1.82) is 0 Å². The molecule has 1 atom stereocenters. The van der Waals surface area contributed by atoms with Gasteiger partial charge in [0.2, 0.25) is 10.9 Å². The Morgan fingerprint density at radius 1 is 1.02 bits per heavy atom. The average Bonchev–Trinajstić information content (AvgIpc) is 3.61. The number of carbonyl (C=O) groups excluding carboxylic acids is 2. The minimum atomic E-state index is -1.79. The number of nitrogens with zero attached hydrogens (tertiary/aromatic N) is 4. The standard InChI is InChI=1S/C30H20Cl2N4O4S2/c1-3-35-21-7-5-4-6-19(21)30(27(35)39)23-24(37)18-12-15(2)8-11-22(18)40-25(23)26(38)36(30)28-33-34-29(42-28)41-14-16-9-10-17(31)13-20(16)32/h4-13H,3,14H2,1-2H3. The highest BCUT2D eigenvalue weighted by atomic mass is 35.5. The van der Waals surface area contributed by atoms with Crippen LogP contribution in [-0.4, -0.2) is 28.6 Å². The van der Waals surface area contributed by atoms with Gasteiger partial charge in [0.25, 0.3) is 11.8 Å². The molecule has 1 spiro atoms. The molecule has 0 radical (unpaired) electrons. The van der Waals surface area contributed by atoms with E-state index < -0.39 is 22.8 Å². The number of halogens is 2. The van der Waals surface area contributed by atoms with E-state index in [4.69, 9.17) is 27.6 Å². The topological polar surface area (TPSA) is 96.6 Å². The molecule has 8 nitrogen and oxygen atoms in total. The lowest BCUT2D eigenvalue weighted by molar-refractivity contribution is -0.121. The molecule has 5 aromatic rings. The van der Waals surface area contributed by atoms with Gasteiger partial charge in [-0.1, -0.05) is 82.2 Å². The van der Waals surface area contributed by atoms with E-state index in [0.717, 1.165) is 22.5 Å². The predicted molar refractivity (Wildman–Crippen MR) is 165 cm³/mol. The van der Waals surface area contributed by atoms with E-state index in [9.17, 15) is 14.4 Å². The van der Waals surface area contributed by atoms with Crippen LogP contribution in [0.25, 0.3) is 11.0 Å². The summed E-state index contributed by atoms with van der Waals surface area (Å²) in [5.74, 6) is -0.732. The van der Waals surface area contributed by atoms with Gasteiger partial charge >= 0.3 is 0 Å². The smallest absolute Gasteiger partial charge is 0.297 e. The Labute approximate surface area is 257 Å². The Kier molecular flexibility index (Phi) is 6.43. The molecule has 210 valence electrons. The first-order valence-electron chi connectivity index (χ1n) is 13.0. The molecular weight excluding hydrogens is 615 g/mol. The molecule has 2 aliphatic rings. The first-order chi connectivity index (χ1) is 20.2. The molecule has 0 saturated heterocycles. The van der Waals surface area contributed by atoms with Crippen molar-refractivity contribution in [2.75, 3.05) is 16.3 Å². The van der Waals surface area contributed by atoms with Crippen molar-refractivity contribution in [1.82, 2.24) is 10.2 Å². The lowest BCUT2D eigenvalue weighted by Crippen LogP contribution is -2.53. The zero-order chi connectivity index (χ0) is 29.3. The van der Waals surface area contributed by atoms with Crippen molar-refractivity contribution in [2.45, 2.75) is 29.5 Å². The molecule has 0 fully saturated rings. The molecule has 12 heteroatoms. The lowest BCUT2D eigenvalue weighted by Gasteiger charge is -2.31. The molecule has 3 aromatic carbocycles. The quantitative estimate of drug-likeness (QED) is 0.154. The summed E-state index contributed by atoms with van der Waals surface area (Å²) in [6.45, 7) is 4.06. The van der Waals surface area contributed by atoms with Gasteiger partial charge in [-0.25, -0.2) is 0 Å². The fourth-order valence-electron chi connectivity index (χ4n) is 5.72. The molecular formula is C30H20Cl2N4O4S2. The molecule has 42 heavy (non-hydrogen) atoms. The third kappa shape index (κ3) is 3.79. The minimum absolute atomic E-state index is 0.00338. The number of fused-ring (bicyclic) bond motifs is 5. The zero-order valence-electron chi connectivity index (χ0n) is 22.2. The summed E-state index contributed by atoms with van der Waals surface area (Å²) in [5, 5.41) is 10.2. The summed E-state index contributed by atoms with van der Waals surface area (Å²) in [6.07, 6.45) is 0. The maximum absolute atomic E-state index is 14.5. The minimum Gasteiger partial charge on any atom is -0.450 e. The third-order valence-electron chi connectivity index (χ3n) is 7.55. The van der Waals surface area contributed by atoms with E-state index in [1.807, 2.05) is 32.0 Å². The predicted octanol–water partition coefficient (Wildman–Crippen LogP) is 6.82. The Bertz CT molecular complexity index is 2030. The summed E-state index contributed by atoms with van der Waals surface area (Å²) in [6, 6.07) is 17.7. The van der Waals surface area contributed by atoms with E-state index in [0.29, 0.717) is 43.3 Å². The number of hydrogen-bond acceptors (Lipinski definition) is 8. The second-order valence-corrected chi connectivity index (χ2v) is 12.9. The molecule has 0 bridgehead atoms. The van der Waals surface area contributed by atoms with Gasteiger partial charge in [0.05, 0.1) is 16.6 Å². The summed E-state index contributed by atoms with van der Waals surface area (Å²) < 4.78 is 6.68. The van der Waals surface area contributed by atoms with Gasteiger partial charge in [-0.2, -0.15) is 0 Å².